The Bertz CT molecular complexity index is 1130. The van der Waals surface area contributed by atoms with Gasteiger partial charge < -0.3 is 10.6 Å². The number of nitrogens with zero attached hydrogens (tertiary/aromatic N) is 1. The minimum Gasteiger partial charge on any atom is -0.325 e. The van der Waals surface area contributed by atoms with E-state index in [0.717, 1.165) is 21.7 Å². The van der Waals surface area contributed by atoms with Gasteiger partial charge in [0.15, 0.2) is 0 Å². The molecule has 7 nitrogen and oxygen atoms in total. The molecule has 158 valence electrons. The molecule has 0 radical (unpaired) electrons. The average molecular weight is 436 g/mol. The zero-order valence-electron chi connectivity index (χ0n) is 17.0. The Morgan fingerprint density at radius 2 is 1.68 bits per heavy atom. The third-order valence-electron chi connectivity index (χ3n) is 4.68. The summed E-state index contributed by atoms with van der Waals surface area (Å²) in [5, 5.41) is 16.4. The summed E-state index contributed by atoms with van der Waals surface area (Å²) in [6, 6.07) is 18.3. The van der Waals surface area contributed by atoms with E-state index in [1.54, 1.807) is 18.2 Å². The molecule has 8 heteroatoms. The number of benzene rings is 3. The van der Waals surface area contributed by atoms with E-state index in [-0.39, 0.29) is 23.3 Å². The molecule has 0 bridgehead atoms. The number of thioether (sulfide) groups is 1. The fourth-order valence-corrected chi connectivity index (χ4v) is 3.58. The number of aryl methyl sites for hydroxylation is 1. The summed E-state index contributed by atoms with van der Waals surface area (Å²) in [7, 11) is 0. The molecule has 0 atom stereocenters. The molecule has 3 aromatic carbocycles. The third-order valence-corrected chi connectivity index (χ3v) is 5.67. The van der Waals surface area contributed by atoms with Crippen molar-refractivity contribution in [1.29, 1.82) is 0 Å². The van der Waals surface area contributed by atoms with Crippen LogP contribution in [0.1, 0.15) is 21.5 Å². The van der Waals surface area contributed by atoms with Crippen molar-refractivity contribution in [3.05, 3.63) is 93.5 Å². The van der Waals surface area contributed by atoms with Gasteiger partial charge in [-0.2, -0.15) is 0 Å². The highest BCUT2D eigenvalue weighted by atomic mass is 32.2. The van der Waals surface area contributed by atoms with Gasteiger partial charge in [-0.1, -0.05) is 18.2 Å². The second-order valence-electron chi connectivity index (χ2n) is 6.87. The van der Waals surface area contributed by atoms with Gasteiger partial charge in [-0.3, -0.25) is 19.7 Å². The minimum absolute atomic E-state index is 0.0749. The average Bonchev–Trinajstić information content (AvgIpc) is 2.76. The van der Waals surface area contributed by atoms with Crippen molar-refractivity contribution in [2.24, 2.45) is 0 Å². The molecule has 0 aliphatic carbocycles. The monoisotopic (exact) mass is 435 g/mol. The van der Waals surface area contributed by atoms with Gasteiger partial charge in [-0.05, 0) is 61.4 Å². The number of carbonyl (C=O) groups excluding carboxylic acids is 2. The van der Waals surface area contributed by atoms with Gasteiger partial charge >= 0.3 is 0 Å². The normalized spacial score (nSPS) is 10.4. The van der Waals surface area contributed by atoms with Gasteiger partial charge in [-0.25, -0.2) is 0 Å². The maximum Gasteiger partial charge on any atom is 0.269 e. The first-order valence-corrected chi connectivity index (χ1v) is 10.5. The summed E-state index contributed by atoms with van der Waals surface area (Å²) in [4.78, 5) is 35.8. The van der Waals surface area contributed by atoms with E-state index in [2.05, 4.69) is 10.6 Å². The van der Waals surface area contributed by atoms with Crippen molar-refractivity contribution >= 4 is 40.6 Å². The Hall–Kier alpha value is -3.65. The van der Waals surface area contributed by atoms with Crippen LogP contribution in [0.4, 0.5) is 17.1 Å². The number of hydrogen-bond acceptors (Lipinski definition) is 5. The fraction of sp³-hybridized carbons (Fsp3) is 0.130. The predicted molar refractivity (Wildman–Crippen MR) is 123 cm³/mol. The molecule has 0 spiro atoms. The van der Waals surface area contributed by atoms with Crippen LogP contribution in [0.2, 0.25) is 0 Å². The number of rotatable bonds is 7. The molecule has 0 aliphatic heterocycles. The lowest BCUT2D eigenvalue weighted by atomic mass is 10.1. The van der Waals surface area contributed by atoms with Crippen molar-refractivity contribution in [3.63, 3.8) is 0 Å². The van der Waals surface area contributed by atoms with Crippen LogP contribution in [-0.2, 0) is 4.79 Å². The van der Waals surface area contributed by atoms with Gasteiger partial charge in [0.2, 0.25) is 5.91 Å². The number of nitro benzene ring substituents is 1. The van der Waals surface area contributed by atoms with E-state index in [9.17, 15) is 19.7 Å². The quantitative estimate of drug-likeness (QED) is 0.302. The van der Waals surface area contributed by atoms with Crippen molar-refractivity contribution in [1.82, 2.24) is 0 Å². The second kappa shape index (κ2) is 9.90. The molecule has 0 unspecified atom stereocenters. The van der Waals surface area contributed by atoms with Gasteiger partial charge in [0.05, 0.1) is 10.7 Å². The molecule has 0 heterocycles. The molecule has 0 aliphatic rings. The first-order valence-electron chi connectivity index (χ1n) is 9.48. The highest BCUT2D eigenvalue weighted by Gasteiger charge is 2.11. The lowest BCUT2D eigenvalue weighted by molar-refractivity contribution is -0.384. The van der Waals surface area contributed by atoms with Gasteiger partial charge in [0.1, 0.15) is 0 Å². The first-order chi connectivity index (χ1) is 14.8. The van der Waals surface area contributed by atoms with Crippen LogP contribution < -0.4 is 10.6 Å². The smallest absolute Gasteiger partial charge is 0.269 e. The Labute approximate surface area is 184 Å². The zero-order chi connectivity index (χ0) is 22.4. The van der Waals surface area contributed by atoms with Crippen molar-refractivity contribution < 1.29 is 14.5 Å². The van der Waals surface area contributed by atoms with E-state index in [0.29, 0.717) is 11.3 Å². The van der Waals surface area contributed by atoms with E-state index in [4.69, 9.17) is 0 Å². The summed E-state index contributed by atoms with van der Waals surface area (Å²) < 4.78 is 0. The van der Waals surface area contributed by atoms with Crippen LogP contribution in [0.25, 0.3) is 0 Å². The van der Waals surface area contributed by atoms with Crippen LogP contribution >= 0.6 is 11.8 Å². The number of nitro groups is 1. The number of amides is 2. The molecule has 31 heavy (non-hydrogen) atoms. The standard InChI is InChI=1S/C23H21N3O4S/c1-15-5-3-8-21(16(15)2)25-22(27)14-31-20-7-4-6-18(13-20)24-23(28)17-9-11-19(12-10-17)26(29)30/h3-13H,14H2,1-2H3,(H,24,28)(H,25,27). The van der Waals surface area contributed by atoms with Crippen molar-refractivity contribution in [2.75, 3.05) is 16.4 Å². The van der Waals surface area contributed by atoms with E-state index in [1.165, 1.54) is 36.0 Å². The number of non-ortho nitro benzene ring substituents is 1. The van der Waals surface area contributed by atoms with Crippen molar-refractivity contribution in [3.8, 4) is 0 Å². The summed E-state index contributed by atoms with van der Waals surface area (Å²) in [6.45, 7) is 3.96. The Morgan fingerprint density at radius 1 is 0.968 bits per heavy atom. The van der Waals surface area contributed by atoms with Crippen LogP contribution in [-0.4, -0.2) is 22.5 Å². The second-order valence-corrected chi connectivity index (χ2v) is 7.92. The van der Waals surface area contributed by atoms with E-state index in [1.807, 2.05) is 38.1 Å². The highest BCUT2D eigenvalue weighted by molar-refractivity contribution is 8.00. The number of anilines is 2. The summed E-state index contributed by atoms with van der Waals surface area (Å²) in [6.07, 6.45) is 0. The maximum atomic E-state index is 12.4. The zero-order valence-corrected chi connectivity index (χ0v) is 17.9. The van der Waals surface area contributed by atoms with E-state index >= 15 is 0 Å². The Kier molecular flexibility index (Phi) is 7.04. The summed E-state index contributed by atoms with van der Waals surface area (Å²) in [5.41, 5.74) is 3.77. The SMILES string of the molecule is Cc1cccc(NC(=O)CSc2cccc(NC(=O)c3ccc([N+](=O)[O-])cc3)c2)c1C. The predicted octanol–water partition coefficient (Wildman–Crippen LogP) is 5.19. The molecule has 3 rings (SSSR count). The minimum atomic E-state index is -0.515. The van der Waals surface area contributed by atoms with Crippen LogP contribution in [0, 0.1) is 24.0 Å². The van der Waals surface area contributed by atoms with Crippen LogP contribution in [0.5, 0.6) is 0 Å². The van der Waals surface area contributed by atoms with Crippen molar-refractivity contribution in [2.45, 2.75) is 18.7 Å². The van der Waals surface area contributed by atoms with Crippen LogP contribution in [0.3, 0.4) is 0 Å². The summed E-state index contributed by atoms with van der Waals surface area (Å²) >= 11 is 1.36. The molecule has 0 aromatic heterocycles. The number of nitrogens with one attached hydrogen (secondary N) is 2. The Morgan fingerprint density at radius 3 is 2.39 bits per heavy atom. The molecule has 0 fully saturated rings. The third kappa shape index (κ3) is 5.93. The lowest BCUT2D eigenvalue weighted by Crippen LogP contribution is -2.15. The number of carbonyl (C=O) groups is 2. The topological polar surface area (TPSA) is 101 Å². The van der Waals surface area contributed by atoms with Gasteiger partial charge in [0.25, 0.3) is 11.6 Å². The van der Waals surface area contributed by atoms with Gasteiger partial charge in [0, 0.05) is 34.0 Å². The molecule has 0 saturated heterocycles. The highest BCUT2D eigenvalue weighted by Crippen LogP contribution is 2.24. The van der Waals surface area contributed by atoms with Crippen LogP contribution in [0.15, 0.2) is 71.6 Å². The largest absolute Gasteiger partial charge is 0.325 e. The Balaban J connectivity index is 1.58. The molecular formula is C23H21N3O4S. The molecule has 2 N–H and O–H groups in total. The maximum absolute atomic E-state index is 12.4. The molecule has 2 amide bonds. The molecule has 3 aromatic rings. The fourth-order valence-electron chi connectivity index (χ4n) is 2.82. The lowest BCUT2D eigenvalue weighted by Gasteiger charge is -2.11. The molecule has 0 saturated carbocycles. The van der Waals surface area contributed by atoms with Gasteiger partial charge in [-0.15, -0.1) is 11.8 Å². The molecular weight excluding hydrogens is 414 g/mol. The summed E-state index contributed by atoms with van der Waals surface area (Å²) in [5.74, 6) is -0.253. The first kappa shape index (κ1) is 22.0. The van der Waals surface area contributed by atoms with E-state index < -0.39 is 4.92 Å². The number of hydrogen-bond donors (Lipinski definition) is 2.